The predicted molar refractivity (Wildman–Crippen MR) is 159 cm³/mol. The first-order chi connectivity index (χ1) is 19.0. The van der Waals surface area contributed by atoms with Crippen molar-refractivity contribution in [2.24, 2.45) is 10.7 Å². The van der Waals surface area contributed by atoms with Crippen molar-refractivity contribution in [3.8, 4) is 5.75 Å². The summed E-state index contributed by atoms with van der Waals surface area (Å²) in [5.74, 6) is 1.17. The monoisotopic (exact) mass is 532 g/mol. The van der Waals surface area contributed by atoms with Gasteiger partial charge in [-0.25, -0.2) is 0 Å². The summed E-state index contributed by atoms with van der Waals surface area (Å²) in [7, 11) is 3.23. The Labute approximate surface area is 233 Å². The maximum absolute atomic E-state index is 8.36. The van der Waals surface area contributed by atoms with Crippen molar-refractivity contribution in [2.75, 3.05) is 65.0 Å². The van der Waals surface area contributed by atoms with E-state index in [1.807, 2.05) is 18.2 Å². The second-order valence-electron chi connectivity index (χ2n) is 11.1. The first-order valence-electron chi connectivity index (χ1n) is 14.4. The van der Waals surface area contributed by atoms with Crippen LogP contribution >= 0.6 is 0 Å². The maximum atomic E-state index is 8.36. The molecule has 1 atom stereocenters. The molecule has 210 valence electrons. The molecule has 3 fully saturated rings. The fourth-order valence-electron chi connectivity index (χ4n) is 6.28. The number of hydrogen-bond acceptors (Lipinski definition) is 7. The molecule has 0 saturated carbocycles. The third kappa shape index (κ3) is 6.80. The van der Waals surface area contributed by atoms with E-state index in [4.69, 9.17) is 25.6 Å². The number of ether oxygens (including phenoxy) is 2. The Kier molecular flexibility index (Phi) is 9.17. The number of aliphatic imine (C=N–C) groups is 1. The molecule has 0 amide bonds. The van der Waals surface area contributed by atoms with Crippen molar-refractivity contribution in [2.45, 2.75) is 50.7 Å². The van der Waals surface area contributed by atoms with Crippen LogP contribution in [0.15, 0.2) is 47.5 Å². The smallest absolute Gasteiger partial charge is 0.126 e. The summed E-state index contributed by atoms with van der Waals surface area (Å²) in [5.41, 5.74) is 11.1. The van der Waals surface area contributed by atoms with Gasteiger partial charge in [-0.1, -0.05) is 18.6 Å². The molecule has 3 heterocycles. The van der Waals surface area contributed by atoms with Crippen LogP contribution in [0.5, 0.6) is 5.75 Å². The number of amidine groups is 1. The van der Waals surface area contributed by atoms with Crippen LogP contribution in [-0.4, -0.2) is 93.5 Å². The van der Waals surface area contributed by atoms with Gasteiger partial charge >= 0.3 is 0 Å². The molecule has 0 aliphatic carbocycles. The van der Waals surface area contributed by atoms with Crippen LogP contribution in [0.4, 0.5) is 5.69 Å². The number of nitrogens with two attached hydrogens (primary N) is 1. The lowest BCUT2D eigenvalue weighted by Gasteiger charge is -2.45. The average molecular weight is 533 g/mol. The molecule has 3 aliphatic rings. The van der Waals surface area contributed by atoms with Gasteiger partial charge in [0.1, 0.15) is 11.6 Å². The van der Waals surface area contributed by atoms with E-state index in [1.54, 1.807) is 14.2 Å². The fraction of sp³-hybridized carbons (Fsp3) is 0.548. The van der Waals surface area contributed by atoms with Crippen LogP contribution in [0.1, 0.15) is 48.8 Å². The molecule has 5 rings (SSSR count). The molecule has 2 aromatic rings. The largest absolute Gasteiger partial charge is 0.497 e. The summed E-state index contributed by atoms with van der Waals surface area (Å²) in [5, 5.41) is 8.36. The number of benzene rings is 2. The highest BCUT2D eigenvalue weighted by Crippen LogP contribution is 2.26. The van der Waals surface area contributed by atoms with E-state index in [1.165, 1.54) is 50.1 Å². The van der Waals surface area contributed by atoms with Crippen LogP contribution in [-0.2, 0) is 11.3 Å². The number of fused-ring (bicyclic) bond motifs is 1. The molecule has 2 aromatic carbocycles. The van der Waals surface area contributed by atoms with Crippen molar-refractivity contribution in [1.82, 2.24) is 9.80 Å². The third-order valence-electron chi connectivity index (χ3n) is 8.54. The highest BCUT2D eigenvalue weighted by molar-refractivity contribution is 6.11. The molecular formula is C31H44N6O2. The quantitative estimate of drug-likeness (QED) is 0.378. The first kappa shape index (κ1) is 27.6. The molecule has 3 aliphatic heterocycles. The minimum atomic E-state index is 0.178. The Morgan fingerprint density at radius 2 is 1.74 bits per heavy atom. The topological polar surface area (TPSA) is 90.4 Å². The van der Waals surface area contributed by atoms with Gasteiger partial charge in [-0.15, -0.1) is 0 Å². The van der Waals surface area contributed by atoms with E-state index in [2.05, 4.69) is 39.0 Å². The summed E-state index contributed by atoms with van der Waals surface area (Å²) < 4.78 is 10.6. The third-order valence-corrected chi connectivity index (χ3v) is 8.54. The normalized spacial score (nSPS) is 21.5. The highest BCUT2D eigenvalue weighted by Gasteiger charge is 2.29. The van der Waals surface area contributed by atoms with Crippen molar-refractivity contribution in [3.05, 3.63) is 59.2 Å². The summed E-state index contributed by atoms with van der Waals surface area (Å²) >= 11 is 0. The molecule has 3 N–H and O–H groups in total. The summed E-state index contributed by atoms with van der Waals surface area (Å²) in [6.07, 6.45) is 6.03. The van der Waals surface area contributed by atoms with Crippen LogP contribution in [0, 0.1) is 5.41 Å². The Balaban J connectivity index is 1.15. The van der Waals surface area contributed by atoms with E-state index in [-0.39, 0.29) is 12.6 Å². The van der Waals surface area contributed by atoms with Gasteiger partial charge in [-0.3, -0.25) is 14.8 Å². The molecule has 0 bridgehead atoms. The molecule has 1 unspecified atom stereocenters. The molecule has 8 heteroatoms. The van der Waals surface area contributed by atoms with Gasteiger partial charge in [0.25, 0.3) is 0 Å². The second kappa shape index (κ2) is 12.9. The number of nitrogens with zero attached hydrogens (tertiary/aromatic N) is 4. The lowest BCUT2D eigenvalue weighted by atomic mass is 9.99. The van der Waals surface area contributed by atoms with Crippen LogP contribution in [0.25, 0.3) is 0 Å². The number of nitrogens with one attached hydrogen (secondary N) is 1. The molecule has 39 heavy (non-hydrogen) atoms. The number of rotatable bonds is 9. The second-order valence-corrected chi connectivity index (χ2v) is 11.1. The summed E-state index contributed by atoms with van der Waals surface area (Å²) in [6.45, 7) is 7.98. The van der Waals surface area contributed by atoms with Crippen molar-refractivity contribution in [3.63, 3.8) is 0 Å². The summed E-state index contributed by atoms with van der Waals surface area (Å²) in [4.78, 5) is 12.7. The van der Waals surface area contributed by atoms with Gasteiger partial charge in [0.05, 0.1) is 25.5 Å². The zero-order valence-electron chi connectivity index (χ0n) is 23.6. The van der Waals surface area contributed by atoms with Crippen molar-refractivity contribution >= 4 is 17.2 Å². The predicted octanol–water partition coefficient (Wildman–Crippen LogP) is 3.75. The number of hydrogen-bond donors (Lipinski definition) is 2. The molecule has 0 radical (unpaired) electrons. The highest BCUT2D eigenvalue weighted by atomic mass is 16.5. The van der Waals surface area contributed by atoms with Crippen LogP contribution < -0.4 is 15.4 Å². The molecule has 0 spiro atoms. The van der Waals surface area contributed by atoms with E-state index >= 15 is 0 Å². The van der Waals surface area contributed by atoms with Crippen molar-refractivity contribution in [1.29, 1.82) is 5.41 Å². The maximum Gasteiger partial charge on any atom is 0.126 e. The van der Waals surface area contributed by atoms with Crippen LogP contribution in [0.2, 0.25) is 0 Å². The van der Waals surface area contributed by atoms with E-state index in [0.717, 1.165) is 56.2 Å². The lowest BCUT2D eigenvalue weighted by molar-refractivity contribution is 0.133. The van der Waals surface area contributed by atoms with E-state index < -0.39 is 0 Å². The first-order valence-corrected chi connectivity index (χ1v) is 14.4. The van der Waals surface area contributed by atoms with Gasteiger partial charge in [0.2, 0.25) is 0 Å². The van der Waals surface area contributed by atoms with Crippen molar-refractivity contribution < 1.29 is 9.47 Å². The Morgan fingerprint density at radius 1 is 0.949 bits per heavy atom. The van der Waals surface area contributed by atoms with E-state index in [0.29, 0.717) is 17.3 Å². The number of anilines is 1. The minimum absolute atomic E-state index is 0.178. The molecule has 3 saturated heterocycles. The SMILES string of the molecule is COCC(=N)c1ccc(OC)cc1C(N)=NC1CCN(Cc2ccc(N3CCN4CCCCC4C3)cc2)CC1. The lowest BCUT2D eigenvalue weighted by Crippen LogP contribution is -2.54. The Morgan fingerprint density at radius 3 is 2.49 bits per heavy atom. The van der Waals surface area contributed by atoms with Gasteiger partial charge < -0.3 is 25.5 Å². The van der Waals surface area contributed by atoms with Gasteiger partial charge in [-0.2, -0.15) is 0 Å². The minimum Gasteiger partial charge on any atom is -0.497 e. The van der Waals surface area contributed by atoms with Gasteiger partial charge in [0.15, 0.2) is 0 Å². The molecular weight excluding hydrogens is 488 g/mol. The standard InChI is InChI=1S/C31H44N6O2/c1-38-22-30(32)28-11-10-27(39-2)19-29(28)31(33)34-24-12-15-35(16-13-24)20-23-6-8-25(9-7-23)37-18-17-36-14-4-3-5-26(36)21-37/h6-11,19,24,26,32H,3-5,12-18,20-22H2,1-2H3,(H2,33,34). The average Bonchev–Trinajstić information content (AvgIpc) is 2.98. The zero-order valence-corrected chi connectivity index (χ0v) is 23.6. The van der Waals surface area contributed by atoms with E-state index in [9.17, 15) is 0 Å². The van der Waals surface area contributed by atoms with Gasteiger partial charge in [-0.05, 0) is 68.1 Å². The fourth-order valence-corrected chi connectivity index (χ4v) is 6.28. The summed E-state index contributed by atoms with van der Waals surface area (Å²) in [6, 6.07) is 15.7. The number of piperidine rings is 2. The Hall–Kier alpha value is -2.94. The number of piperazine rings is 1. The molecule has 0 aromatic heterocycles. The number of methoxy groups -OCH3 is 2. The number of likely N-dealkylation sites (tertiary alicyclic amines) is 1. The molecule has 8 nitrogen and oxygen atoms in total. The van der Waals surface area contributed by atoms with Gasteiger partial charge in [0, 0.05) is 69.2 Å². The Bertz CT molecular complexity index is 1140. The van der Waals surface area contributed by atoms with Crippen LogP contribution in [0.3, 0.4) is 0 Å². The zero-order chi connectivity index (χ0) is 27.2.